The summed E-state index contributed by atoms with van der Waals surface area (Å²) >= 11 is 1.72. The van der Waals surface area contributed by atoms with Gasteiger partial charge in [0.25, 0.3) is 0 Å². The van der Waals surface area contributed by atoms with Crippen LogP contribution in [0.3, 0.4) is 0 Å². The third-order valence-electron chi connectivity index (χ3n) is 6.95. The van der Waals surface area contributed by atoms with Gasteiger partial charge in [-0.3, -0.25) is 4.79 Å². The standard InChI is InChI=1S/C28H34N2O3S2/c1-6-22(5)30(35(32,33)28-20(3)16-19(2)17-21(28)4)18-26(31)29-14-12-25-24(13-15-34-25)27(29)23-10-8-7-9-11-23/h7-11,13,15-17,22,27H,6,12,14,18H2,1-5H3. The molecule has 1 aliphatic heterocycles. The second-order valence-corrected chi connectivity index (χ2v) is 12.3. The summed E-state index contributed by atoms with van der Waals surface area (Å²) in [5, 5.41) is 2.08. The molecule has 7 heteroatoms. The predicted molar refractivity (Wildman–Crippen MR) is 142 cm³/mol. The molecule has 0 radical (unpaired) electrons. The van der Waals surface area contributed by atoms with Gasteiger partial charge in [0.2, 0.25) is 15.9 Å². The molecule has 5 nitrogen and oxygen atoms in total. The van der Waals surface area contributed by atoms with Crippen molar-refractivity contribution in [3.8, 4) is 0 Å². The lowest BCUT2D eigenvalue weighted by Crippen LogP contribution is -2.49. The van der Waals surface area contributed by atoms with Gasteiger partial charge in [-0.1, -0.05) is 55.0 Å². The second kappa shape index (κ2) is 10.2. The van der Waals surface area contributed by atoms with E-state index < -0.39 is 10.0 Å². The first-order chi connectivity index (χ1) is 16.6. The van der Waals surface area contributed by atoms with Crippen molar-refractivity contribution < 1.29 is 13.2 Å². The van der Waals surface area contributed by atoms with E-state index in [4.69, 9.17) is 0 Å². The molecule has 2 atom stereocenters. The van der Waals surface area contributed by atoms with Crippen molar-refractivity contribution in [2.24, 2.45) is 0 Å². The van der Waals surface area contributed by atoms with E-state index >= 15 is 0 Å². The van der Waals surface area contributed by atoms with E-state index in [0.29, 0.717) is 29.0 Å². The van der Waals surface area contributed by atoms with Gasteiger partial charge in [-0.05, 0) is 74.2 Å². The van der Waals surface area contributed by atoms with Gasteiger partial charge in [0.1, 0.15) is 0 Å². The van der Waals surface area contributed by atoms with Crippen LogP contribution in [-0.2, 0) is 21.2 Å². The van der Waals surface area contributed by atoms with Crippen molar-refractivity contribution in [2.45, 2.75) is 64.4 Å². The fraction of sp³-hybridized carbons (Fsp3) is 0.393. The van der Waals surface area contributed by atoms with Gasteiger partial charge in [-0.2, -0.15) is 4.31 Å². The zero-order chi connectivity index (χ0) is 25.3. The van der Waals surface area contributed by atoms with E-state index in [9.17, 15) is 13.2 Å². The quantitative estimate of drug-likeness (QED) is 0.414. The summed E-state index contributed by atoms with van der Waals surface area (Å²) in [6.45, 7) is 9.86. The zero-order valence-electron chi connectivity index (χ0n) is 21.1. The van der Waals surface area contributed by atoms with Gasteiger partial charge in [0, 0.05) is 17.5 Å². The maximum Gasteiger partial charge on any atom is 0.244 e. The molecule has 4 rings (SSSR count). The first kappa shape index (κ1) is 25.6. The Labute approximate surface area is 213 Å². The highest BCUT2D eigenvalue weighted by Crippen LogP contribution is 2.38. The Hall–Kier alpha value is -2.48. The Morgan fingerprint density at radius 1 is 1.11 bits per heavy atom. The number of thiophene rings is 1. The Bertz CT molecular complexity index is 1290. The van der Waals surface area contributed by atoms with Crippen LogP contribution < -0.4 is 0 Å². The van der Waals surface area contributed by atoms with E-state index in [1.807, 2.05) is 82.0 Å². The molecule has 0 aliphatic carbocycles. The molecule has 2 heterocycles. The van der Waals surface area contributed by atoms with Crippen LogP contribution in [0.4, 0.5) is 0 Å². The summed E-state index contributed by atoms with van der Waals surface area (Å²) in [6.07, 6.45) is 1.40. The Balaban J connectivity index is 1.71. The number of hydrogen-bond acceptors (Lipinski definition) is 4. The lowest BCUT2D eigenvalue weighted by atomic mass is 9.93. The second-order valence-electron chi connectivity index (χ2n) is 9.48. The first-order valence-electron chi connectivity index (χ1n) is 12.2. The van der Waals surface area contributed by atoms with Crippen LogP contribution in [-0.4, -0.2) is 42.7 Å². The van der Waals surface area contributed by atoms with Gasteiger partial charge in [-0.15, -0.1) is 11.3 Å². The van der Waals surface area contributed by atoms with Crippen molar-refractivity contribution in [3.05, 3.63) is 86.6 Å². The normalized spacial score (nSPS) is 16.9. The third-order valence-corrected chi connectivity index (χ3v) is 10.2. The minimum atomic E-state index is -3.87. The van der Waals surface area contributed by atoms with Gasteiger partial charge in [0.15, 0.2) is 0 Å². The van der Waals surface area contributed by atoms with Gasteiger partial charge in [-0.25, -0.2) is 8.42 Å². The van der Waals surface area contributed by atoms with Crippen LogP contribution >= 0.6 is 11.3 Å². The van der Waals surface area contributed by atoms with E-state index in [-0.39, 0.29) is 24.5 Å². The molecular formula is C28H34N2O3S2. The number of hydrogen-bond donors (Lipinski definition) is 0. The molecular weight excluding hydrogens is 476 g/mol. The largest absolute Gasteiger partial charge is 0.330 e. The molecule has 1 aliphatic rings. The Kier molecular flexibility index (Phi) is 7.50. The molecule has 2 unspecified atom stereocenters. The van der Waals surface area contributed by atoms with Crippen LogP contribution in [0.15, 0.2) is 58.8 Å². The Morgan fingerprint density at radius 2 is 1.77 bits per heavy atom. The maximum absolute atomic E-state index is 14.0. The number of carbonyl (C=O) groups excluding carboxylic acids is 1. The molecule has 186 valence electrons. The minimum absolute atomic E-state index is 0.165. The summed E-state index contributed by atoms with van der Waals surface area (Å²) in [5.41, 5.74) is 4.64. The molecule has 0 spiro atoms. The number of nitrogens with zero attached hydrogens (tertiary/aromatic N) is 2. The summed E-state index contributed by atoms with van der Waals surface area (Å²) in [5.74, 6) is -0.165. The van der Waals surface area contributed by atoms with Crippen LogP contribution in [0, 0.1) is 20.8 Å². The molecule has 1 aromatic heterocycles. The first-order valence-corrected chi connectivity index (χ1v) is 14.5. The van der Waals surface area contributed by atoms with Crippen molar-refractivity contribution in [1.82, 2.24) is 9.21 Å². The van der Waals surface area contributed by atoms with Crippen LogP contribution in [0.5, 0.6) is 0 Å². The molecule has 0 fully saturated rings. The smallest absolute Gasteiger partial charge is 0.244 e. The fourth-order valence-corrected chi connectivity index (χ4v) is 8.15. The number of amides is 1. The topological polar surface area (TPSA) is 57.7 Å². The summed E-state index contributed by atoms with van der Waals surface area (Å²) in [6, 6.07) is 15.4. The SMILES string of the molecule is CCC(C)N(CC(=O)N1CCc2sccc2C1c1ccccc1)S(=O)(=O)c1c(C)cc(C)cc1C. The van der Waals surface area contributed by atoms with Crippen molar-refractivity contribution in [1.29, 1.82) is 0 Å². The number of sulfonamides is 1. The number of carbonyl (C=O) groups is 1. The third kappa shape index (κ3) is 4.95. The van der Waals surface area contributed by atoms with Crippen LogP contribution in [0.25, 0.3) is 0 Å². The van der Waals surface area contributed by atoms with Crippen LogP contribution in [0.2, 0.25) is 0 Å². The van der Waals surface area contributed by atoms with E-state index in [0.717, 1.165) is 23.1 Å². The summed E-state index contributed by atoms with van der Waals surface area (Å²) in [7, 11) is -3.87. The highest BCUT2D eigenvalue weighted by Gasteiger charge is 2.37. The van der Waals surface area contributed by atoms with E-state index in [2.05, 4.69) is 11.4 Å². The summed E-state index contributed by atoms with van der Waals surface area (Å²) < 4.78 is 29.3. The number of fused-ring (bicyclic) bond motifs is 1. The molecule has 0 bridgehead atoms. The van der Waals surface area contributed by atoms with Crippen molar-refractivity contribution in [3.63, 3.8) is 0 Å². The highest BCUT2D eigenvalue weighted by atomic mass is 32.2. The number of benzene rings is 2. The van der Waals surface area contributed by atoms with Gasteiger partial charge in [0.05, 0.1) is 17.5 Å². The van der Waals surface area contributed by atoms with Gasteiger partial charge >= 0.3 is 0 Å². The van der Waals surface area contributed by atoms with E-state index in [1.165, 1.54) is 9.18 Å². The number of aryl methyl sites for hydroxylation is 3. The Morgan fingerprint density at radius 3 is 2.40 bits per heavy atom. The molecule has 0 saturated carbocycles. The van der Waals surface area contributed by atoms with Crippen molar-refractivity contribution in [2.75, 3.05) is 13.1 Å². The highest BCUT2D eigenvalue weighted by molar-refractivity contribution is 7.89. The lowest BCUT2D eigenvalue weighted by Gasteiger charge is -2.38. The monoisotopic (exact) mass is 510 g/mol. The number of rotatable bonds is 7. The average molecular weight is 511 g/mol. The summed E-state index contributed by atoms with van der Waals surface area (Å²) in [4.78, 5) is 17.3. The molecule has 1 amide bonds. The average Bonchev–Trinajstić information content (AvgIpc) is 3.29. The fourth-order valence-electron chi connectivity index (χ4n) is 5.18. The van der Waals surface area contributed by atoms with E-state index in [1.54, 1.807) is 11.3 Å². The van der Waals surface area contributed by atoms with Crippen LogP contribution in [0.1, 0.15) is 59.0 Å². The zero-order valence-corrected chi connectivity index (χ0v) is 22.7. The molecule has 3 aromatic rings. The molecule has 0 saturated heterocycles. The maximum atomic E-state index is 14.0. The molecule has 0 N–H and O–H groups in total. The molecule has 35 heavy (non-hydrogen) atoms. The predicted octanol–water partition coefficient (Wildman–Crippen LogP) is 5.64. The molecule has 2 aromatic carbocycles. The van der Waals surface area contributed by atoms with Gasteiger partial charge < -0.3 is 4.90 Å². The van der Waals surface area contributed by atoms with Crippen molar-refractivity contribution >= 4 is 27.3 Å². The minimum Gasteiger partial charge on any atom is -0.330 e. The lowest BCUT2D eigenvalue weighted by molar-refractivity contribution is -0.133.